The number of carbonyl (C=O) groups excluding carboxylic acids is 2. The van der Waals surface area contributed by atoms with E-state index in [4.69, 9.17) is 5.73 Å². The van der Waals surface area contributed by atoms with Gasteiger partial charge in [-0.1, -0.05) is 6.07 Å². The van der Waals surface area contributed by atoms with Crippen LogP contribution in [0.4, 0.5) is 16.2 Å². The molecule has 0 radical (unpaired) electrons. The van der Waals surface area contributed by atoms with E-state index in [0.29, 0.717) is 24.2 Å². The molecular weight excluding hydrogens is 244 g/mol. The normalized spacial score (nSPS) is 11.5. The topological polar surface area (TPSA) is 96.2 Å². The van der Waals surface area contributed by atoms with Gasteiger partial charge in [0.05, 0.1) is 0 Å². The number of benzene rings is 1. The van der Waals surface area contributed by atoms with Gasteiger partial charge in [0.15, 0.2) is 0 Å². The van der Waals surface area contributed by atoms with Gasteiger partial charge in [-0.25, -0.2) is 4.79 Å². The number of nitrogens with two attached hydrogens (primary N) is 1. The highest BCUT2D eigenvalue weighted by molar-refractivity contribution is 5.93. The number of hydrogen-bond donors (Lipinski definition) is 4. The van der Waals surface area contributed by atoms with Crippen molar-refractivity contribution in [3.8, 4) is 0 Å². The fourth-order valence-corrected chi connectivity index (χ4v) is 1.45. The molecule has 0 saturated carbocycles. The van der Waals surface area contributed by atoms with E-state index in [0.717, 1.165) is 0 Å². The maximum Gasteiger partial charge on any atom is 0.318 e. The van der Waals surface area contributed by atoms with Crippen LogP contribution in [0.25, 0.3) is 0 Å². The Labute approximate surface area is 112 Å². The van der Waals surface area contributed by atoms with Crippen molar-refractivity contribution in [2.45, 2.75) is 25.8 Å². The summed E-state index contributed by atoms with van der Waals surface area (Å²) in [6, 6.07) is 6.66. The van der Waals surface area contributed by atoms with Gasteiger partial charge in [-0.2, -0.15) is 0 Å². The first-order chi connectivity index (χ1) is 9.01. The predicted octanol–water partition coefficient (Wildman–Crippen LogP) is 1.50. The molecule has 1 aromatic rings. The van der Waals surface area contributed by atoms with Crippen LogP contribution in [-0.2, 0) is 4.79 Å². The van der Waals surface area contributed by atoms with E-state index in [2.05, 4.69) is 16.0 Å². The lowest BCUT2D eigenvalue weighted by atomic mass is 10.2. The molecule has 0 aromatic heterocycles. The fourth-order valence-electron chi connectivity index (χ4n) is 1.45. The van der Waals surface area contributed by atoms with E-state index in [1.807, 2.05) is 6.92 Å². The second-order valence-corrected chi connectivity index (χ2v) is 4.35. The van der Waals surface area contributed by atoms with Crippen molar-refractivity contribution in [3.63, 3.8) is 0 Å². The quantitative estimate of drug-likeness (QED) is 0.649. The lowest BCUT2D eigenvalue weighted by molar-refractivity contribution is -0.116. The van der Waals surface area contributed by atoms with Crippen molar-refractivity contribution in [1.82, 2.24) is 5.32 Å². The first-order valence-electron chi connectivity index (χ1n) is 6.15. The lowest BCUT2D eigenvalue weighted by Crippen LogP contribution is -2.24. The van der Waals surface area contributed by atoms with E-state index in [1.54, 1.807) is 24.3 Å². The van der Waals surface area contributed by atoms with Crippen LogP contribution >= 0.6 is 0 Å². The minimum absolute atomic E-state index is 0.00648. The van der Waals surface area contributed by atoms with Crippen LogP contribution < -0.4 is 21.7 Å². The minimum Gasteiger partial charge on any atom is -0.341 e. The van der Waals surface area contributed by atoms with E-state index in [-0.39, 0.29) is 18.0 Å². The zero-order chi connectivity index (χ0) is 14.3. The summed E-state index contributed by atoms with van der Waals surface area (Å²) in [5, 5.41) is 7.85. The average molecular weight is 264 g/mol. The average Bonchev–Trinajstić information content (AvgIpc) is 2.36. The summed E-state index contributed by atoms with van der Waals surface area (Å²) in [4.78, 5) is 22.8. The molecule has 1 rings (SSSR count). The third-order valence-corrected chi connectivity index (χ3v) is 2.46. The zero-order valence-corrected chi connectivity index (χ0v) is 11.2. The summed E-state index contributed by atoms with van der Waals surface area (Å²) in [7, 11) is 1.54. The molecule has 3 amide bonds. The number of carbonyl (C=O) groups is 2. The number of rotatable bonds is 5. The molecule has 6 heteroatoms. The summed E-state index contributed by atoms with van der Waals surface area (Å²) >= 11 is 0. The van der Waals surface area contributed by atoms with Crippen LogP contribution in [0.1, 0.15) is 19.8 Å². The van der Waals surface area contributed by atoms with Gasteiger partial charge < -0.3 is 21.7 Å². The van der Waals surface area contributed by atoms with E-state index >= 15 is 0 Å². The molecule has 0 heterocycles. The highest BCUT2D eigenvalue weighted by Crippen LogP contribution is 2.15. The molecule has 1 atom stereocenters. The second-order valence-electron chi connectivity index (χ2n) is 4.35. The van der Waals surface area contributed by atoms with Gasteiger partial charge >= 0.3 is 6.03 Å². The Morgan fingerprint density at radius 3 is 2.47 bits per heavy atom. The van der Waals surface area contributed by atoms with Crippen molar-refractivity contribution in [1.29, 1.82) is 0 Å². The van der Waals surface area contributed by atoms with Gasteiger partial charge in [0.2, 0.25) is 5.91 Å². The van der Waals surface area contributed by atoms with E-state index in [1.165, 1.54) is 7.05 Å². The van der Waals surface area contributed by atoms with Crippen LogP contribution in [-0.4, -0.2) is 25.0 Å². The molecule has 0 spiro atoms. The maximum absolute atomic E-state index is 11.6. The van der Waals surface area contributed by atoms with Crippen molar-refractivity contribution < 1.29 is 9.59 Å². The Kier molecular flexibility index (Phi) is 5.81. The molecule has 5 N–H and O–H groups in total. The second kappa shape index (κ2) is 7.38. The Hall–Kier alpha value is -2.08. The van der Waals surface area contributed by atoms with Gasteiger partial charge in [-0.15, -0.1) is 0 Å². The molecule has 0 aliphatic rings. The van der Waals surface area contributed by atoms with Crippen LogP contribution in [0, 0.1) is 0 Å². The molecule has 1 aromatic carbocycles. The molecule has 19 heavy (non-hydrogen) atoms. The molecule has 0 saturated heterocycles. The Balaban J connectivity index is 2.56. The zero-order valence-electron chi connectivity index (χ0n) is 11.2. The number of nitrogens with one attached hydrogen (secondary N) is 3. The van der Waals surface area contributed by atoms with Crippen LogP contribution in [0.2, 0.25) is 0 Å². The molecule has 0 bridgehead atoms. The van der Waals surface area contributed by atoms with Crippen molar-refractivity contribution >= 4 is 23.3 Å². The maximum atomic E-state index is 11.6. The highest BCUT2D eigenvalue weighted by Gasteiger charge is 2.05. The van der Waals surface area contributed by atoms with E-state index < -0.39 is 0 Å². The monoisotopic (exact) mass is 264 g/mol. The third-order valence-electron chi connectivity index (χ3n) is 2.46. The van der Waals surface area contributed by atoms with Crippen LogP contribution in [0.15, 0.2) is 24.3 Å². The van der Waals surface area contributed by atoms with Gasteiger partial charge in [0.1, 0.15) is 0 Å². The summed E-state index contributed by atoms with van der Waals surface area (Å²) in [6.07, 6.45) is 1.02. The lowest BCUT2D eigenvalue weighted by Gasteiger charge is -2.09. The van der Waals surface area contributed by atoms with Gasteiger partial charge in [-0.3, -0.25) is 4.79 Å². The third kappa shape index (κ3) is 5.87. The van der Waals surface area contributed by atoms with Gasteiger partial charge in [0, 0.05) is 30.9 Å². The Bertz CT molecular complexity index is 446. The van der Waals surface area contributed by atoms with Crippen molar-refractivity contribution in [2.75, 3.05) is 17.7 Å². The first kappa shape index (κ1) is 15.0. The van der Waals surface area contributed by atoms with Crippen LogP contribution in [0.5, 0.6) is 0 Å². The van der Waals surface area contributed by atoms with Crippen LogP contribution in [0.3, 0.4) is 0 Å². The summed E-state index contributed by atoms with van der Waals surface area (Å²) in [5.41, 5.74) is 6.85. The van der Waals surface area contributed by atoms with E-state index in [9.17, 15) is 9.59 Å². The van der Waals surface area contributed by atoms with Crippen molar-refractivity contribution in [2.24, 2.45) is 5.73 Å². The van der Waals surface area contributed by atoms with Crippen molar-refractivity contribution in [3.05, 3.63) is 24.3 Å². The predicted molar refractivity (Wildman–Crippen MR) is 76.0 cm³/mol. The molecule has 0 fully saturated rings. The number of hydrogen-bond acceptors (Lipinski definition) is 3. The summed E-state index contributed by atoms with van der Waals surface area (Å²) in [6.45, 7) is 1.86. The number of urea groups is 1. The molecular formula is C13H20N4O2. The van der Waals surface area contributed by atoms with Gasteiger partial charge in [0.25, 0.3) is 0 Å². The molecule has 6 nitrogen and oxygen atoms in total. The molecule has 0 aliphatic heterocycles. The summed E-state index contributed by atoms with van der Waals surface area (Å²) in [5.74, 6) is -0.0885. The largest absolute Gasteiger partial charge is 0.341 e. The van der Waals surface area contributed by atoms with Gasteiger partial charge in [-0.05, 0) is 31.5 Å². The number of amides is 3. The first-order valence-corrected chi connectivity index (χ1v) is 6.15. The Morgan fingerprint density at radius 2 is 1.89 bits per heavy atom. The highest BCUT2D eigenvalue weighted by atomic mass is 16.2. The molecule has 1 unspecified atom stereocenters. The molecule has 104 valence electrons. The molecule has 0 aliphatic carbocycles. The number of anilines is 2. The standard InChI is InChI=1S/C13H20N4O2/c1-9(14)6-7-12(18)16-10-4-3-5-11(8-10)17-13(19)15-2/h3-5,8-9H,6-7,14H2,1-2H3,(H,16,18)(H2,15,17,19). The fraction of sp³-hybridized carbons (Fsp3) is 0.385. The Morgan fingerprint density at radius 1 is 1.26 bits per heavy atom. The smallest absolute Gasteiger partial charge is 0.318 e. The SMILES string of the molecule is CNC(=O)Nc1cccc(NC(=O)CCC(C)N)c1. The summed E-state index contributed by atoms with van der Waals surface area (Å²) < 4.78 is 0. The minimum atomic E-state index is -0.305.